The number of carbonyl (C=O) groups is 2. The first-order chi connectivity index (χ1) is 9.47. The summed E-state index contributed by atoms with van der Waals surface area (Å²) in [6.07, 6.45) is 0.537. The quantitative estimate of drug-likeness (QED) is 0.854. The minimum atomic E-state index is 0.117. The first-order valence-electron chi connectivity index (χ1n) is 6.68. The number of benzene rings is 1. The molecule has 0 aliphatic carbocycles. The summed E-state index contributed by atoms with van der Waals surface area (Å²) in [6, 6.07) is 7.99. The van der Waals surface area contributed by atoms with E-state index < -0.39 is 0 Å². The number of anilines is 2. The van der Waals surface area contributed by atoms with E-state index in [4.69, 9.17) is 0 Å². The van der Waals surface area contributed by atoms with Gasteiger partial charge in [-0.3, -0.25) is 9.59 Å². The van der Waals surface area contributed by atoms with E-state index in [1.165, 1.54) is 11.8 Å². The second kappa shape index (κ2) is 6.31. The van der Waals surface area contributed by atoms with Crippen LogP contribution in [0.25, 0.3) is 0 Å². The Balaban J connectivity index is 2.02. The molecule has 4 nitrogen and oxygen atoms in total. The molecule has 0 aromatic heterocycles. The summed E-state index contributed by atoms with van der Waals surface area (Å²) in [5.74, 6) is 1.15. The van der Waals surface area contributed by atoms with Crippen LogP contribution in [0.2, 0.25) is 0 Å². The molecular weight excluding hydrogens is 272 g/mol. The molecule has 1 saturated heterocycles. The molecule has 1 amide bonds. The lowest BCUT2D eigenvalue weighted by Gasteiger charge is -2.18. The van der Waals surface area contributed by atoms with Crippen LogP contribution in [0.3, 0.4) is 0 Å². The van der Waals surface area contributed by atoms with Gasteiger partial charge in [-0.2, -0.15) is 0 Å². The third-order valence-corrected chi connectivity index (χ3v) is 4.45. The molecule has 0 saturated carbocycles. The topological polar surface area (TPSA) is 40.6 Å². The molecule has 1 aliphatic heterocycles. The van der Waals surface area contributed by atoms with E-state index in [1.54, 1.807) is 6.92 Å². The lowest BCUT2D eigenvalue weighted by molar-refractivity contribution is -0.117. The second-order valence-electron chi connectivity index (χ2n) is 5.29. The summed E-state index contributed by atoms with van der Waals surface area (Å²) in [6.45, 7) is 2.28. The predicted molar refractivity (Wildman–Crippen MR) is 84.4 cm³/mol. The number of carbonyl (C=O) groups excluding carboxylic acids is 2. The molecule has 2 rings (SSSR count). The van der Waals surface area contributed by atoms with Gasteiger partial charge in [0.15, 0.2) is 5.12 Å². The van der Waals surface area contributed by atoms with E-state index in [2.05, 4.69) is 0 Å². The zero-order valence-electron chi connectivity index (χ0n) is 12.1. The predicted octanol–water partition coefficient (Wildman–Crippen LogP) is 2.39. The van der Waals surface area contributed by atoms with Crippen molar-refractivity contribution in [2.75, 3.05) is 36.2 Å². The number of hydrogen-bond donors (Lipinski definition) is 0. The number of hydrogen-bond acceptors (Lipinski definition) is 4. The van der Waals surface area contributed by atoms with Crippen molar-refractivity contribution in [2.45, 2.75) is 13.3 Å². The minimum absolute atomic E-state index is 0.117. The van der Waals surface area contributed by atoms with Crippen LogP contribution in [-0.2, 0) is 9.59 Å². The lowest BCUT2D eigenvalue weighted by atomic mass is 10.1. The molecule has 1 aromatic rings. The van der Waals surface area contributed by atoms with Crippen LogP contribution in [0.15, 0.2) is 24.3 Å². The number of amides is 1. The molecule has 1 fully saturated rings. The molecule has 1 heterocycles. The molecule has 0 N–H and O–H groups in total. The zero-order chi connectivity index (χ0) is 14.7. The van der Waals surface area contributed by atoms with Gasteiger partial charge >= 0.3 is 0 Å². The van der Waals surface area contributed by atoms with E-state index in [0.717, 1.165) is 17.1 Å². The summed E-state index contributed by atoms with van der Waals surface area (Å²) in [4.78, 5) is 26.9. The van der Waals surface area contributed by atoms with Crippen molar-refractivity contribution in [1.82, 2.24) is 0 Å². The first kappa shape index (κ1) is 14.9. The van der Waals surface area contributed by atoms with Crippen molar-refractivity contribution in [2.24, 2.45) is 5.92 Å². The molecule has 1 unspecified atom stereocenters. The maximum Gasteiger partial charge on any atom is 0.227 e. The molecule has 0 radical (unpaired) electrons. The molecule has 0 bridgehead atoms. The SMILES string of the molecule is CC(=O)SCC1CC(=O)N(c2ccc(N(C)C)cc2)C1. The van der Waals surface area contributed by atoms with Crippen LogP contribution in [0.1, 0.15) is 13.3 Å². The van der Waals surface area contributed by atoms with Crippen molar-refractivity contribution < 1.29 is 9.59 Å². The van der Waals surface area contributed by atoms with Crippen molar-refractivity contribution in [3.63, 3.8) is 0 Å². The summed E-state index contributed by atoms with van der Waals surface area (Å²) >= 11 is 1.31. The maximum absolute atomic E-state index is 12.1. The highest BCUT2D eigenvalue weighted by atomic mass is 32.2. The van der Waals surface area contributed by atoms with Gasteiger partial charge in [0.25, 0.3) is 0 Å². The molecule has 0 spiro atoms. The van der Waals surface area contributed by atoms with Crippen LogP contribution in [-0.4, -0.2) is 37.4 Å². The average molecular weight is 292 g/mol. The van der Waals surface area contributed by atoms with E-state index in [9.17, 15) is 9.59 Å². The van der Waals surface area contributed by atoms with Crippen LogP contribution in [0, 0.1) is 5.92 Å². The van der Waals surface area contributed by atoms with Gasteiger partial charge in [0.05, 0.1) is 0 Å². The average Bonchev–Trinajstić information content (AvgIpc) is 2.78. The van der Waals surface area contributed by atoms with Gasteiger partial charge in [-0.15, -0.1) is 0 Å². The van der Waals surface area contributed by atoms with Gasteiger partial charge in [-0.25, -0.2) is 0 Å². The number of nitrogens with zero attached hydrogens (tertiary/aromatic N) is 2. The smallest absolute Gasteiger partial charge is 0.227 e. The van der Waals surface area contributed by atoms with Crippen molar-refractivity contribution >= 4 is 34.2 Å². The zero-order valence-corrected chi connectivity index (χ0v) is 12.9. The van der Waals surface area contributed by atoms with Crippen LogP contribution in [0.4, 0.5) is 11.4 Å². The summed E-state index contributed by atoms with van der Waals surface area (Å²) in [5, 5.41) is 0.117. The van der Waals surface area contributed by atoms with Gasteiger partial charge in [0.2, 0.25) is 5.91 Å². The van der Waals surface area contributed by atoms with Gasteiger partial charge in [-0.05, 0) is 30.2 Å². The molecule has 1 aliphatic rings. The van der Waals surface area contributed by atoms with Crippen molar-refractivity contribution in [3.8, 4) is 0 Å². The fourth-order valence-electron chi connectivity index (χ4n) is 2.31. The van der Waals surface area contributed by atoms with Crippen molar-refractivity contribution in [1.29, 1.82) is 0 Å². The lowest BCUT2D eigenvalue weighted by Crippen LogP contribution is -2.24. The van der Waals surface area contributed by atoms with Gasteiger partial charge in [0.1, 0.15) is 0 Å². The standard InChI is InChI=1S/C15H20N2O2S/c1-11(18)20-10-12-8-15(19)17(9-12)14-6-4-13(5-7-14)16(2)3/h4-7,12H,8-10H2,1-3H3. The number of rotatable bonds is 4. The summed E-state index contributed by atoms with van der Waals surface area (Å²) in [7, 11) is 3.98. The Labute approximate surface area is 124 Å². The molecule has 5 heteroatoms. The van der Waals surface area contributed by atoms with Gasteiger partial charge in [-0.1, -0.05) is 11.8 Å². The highest BCUT2D eigenvalue weighted by Crippen LogP contribution is 2.28. The highest BCUT2D eigenvalue weighted by molar-refractivity contribution is 8.13. The Hall–Kier alpha value is -1.49. The fourth-order valence-corrected chi connectivity index (χ4v) is 3.00. The molecule has 20 heavy (non-hydrogen) atoms. The van der Waals surface area contributed by atoms with Crippen LogP contribution in [0.5, 0.6) is 0 Å². The summed E-state index contributed by atoms with van der Waals surface area (Å²) in [5.41, 5.74) is 2.06. The normalized spacial score (nSPS) is 18.4. The molecule has 1 aromatic carbocycles. The largest absolute Gasteiger partial charge is 0.378 e. The van der Waals surface area contributed by atoms with Crippen LogP contribution >= 0.6 is 11.8 Å². The molecule has 108 valence electrons. The Morgan fingerprint density at radius 1 is 1.35 bits per heavy atom. The third-order valence-electron chi connectivity index (χ3n) is 3.41. The minimum Gasteiger partial charge on any atom is -0.378 e. The van der Waals surface area contributed by atoms with Crippen molar-refractivity contribution in [3.05, 3.63) is 24.3 Å². The fraction of sp³-hybridized carbons (Fsp3) is 0.467. The van der Waals surface area contributed by atoms with Gasteiger partial charge in [0, 0.05) is 51.1 Å². The Morgan fingerprint density at radius 3 is 2.55 bits per heavy atom. The highest BCUT2D eigenvalue weighted by Gasteiger charge is 2.30. The second-order valence-corrected chi connectivity index (χ2v) is 6.48. The van der Waals surface area contributed by atoms with E-state index in [0.29, 0.717) is 13.0 Å². The van der Waals surface area contributed by atoms with Crippen LogP contribution < -0.4 is 9.80 Å². The van der Waals surface area contributed by atoms with Gasteiger partial charge < -0.3 is 9.80 Å². The Kier molecular flexibility index (Phi) is 4.70. The Bertz CT molecular complexity index is 499. The van der Waals surface area contributed by atoms with E-state index >= 15 is 0 Å². The monoisotopic (exact) mass is 292 g/mol. The Morgan fingerprint density at radius 2 is 2.00 bits per heavy atom. The molecular formula is C15H20N2O2S. The maximum atomic E-state index is 12.1. The van der Waals surface area contributed by atoms with E-state index in [-0.39, 0.29) is 16.9 Å². The number of thioether (sulfide) groups is 1. The molecule has 1 atom stereocenters. The third kappa shape index (κ3) is 3.54. The summed E-state index contributed by atoms with van der Waals surface area (Å²) < 4.78 is 0. The van der Waals surface area contributed by atoms with E-state index in [1.807, 2.05) is 48.2 Å². The first-order valence-corrected chi connectivity index (χ1v) is 7.67.